The van der Waals surface area contributed by atoms with Crippen molar-refractivity contribution in [3.63, 3.8) is 0 Å². The maximum atomic E-state index is 12.9. The number of rotatable bonds is 1. The van der Waals surface area contributed by atoms with Gasteiger partial charge in [0.2, 0.25) is 0 Å². The molecule has 3 rings (SSSR count). The fraction of sp³-hybridized carbons (Fsp3) is 0. The molecule has 0 aliphatic carbocycles. The summed E-state index contributed by atoms with van der Waals surface area (Å²) in [5.41, 5.74) is 2.78. The van der Waals surface area contributed by atoms with Gasteiger partial charge >= 0.3 is 0 Å². The van der Waals surface area contributed by atoms with E-state index < -0.39 is 0 Å². The minimum Gasteiger partial charge on any atom is -0.277 e. The first-order valence-electron chi connectivity index (χ1n) is 5.14. The molecule has 0 saturated heterocycles. The molecule has 0 fully saturated rings. The smallest absolute Gasteiger partial charge is 0.123 e. The lowest BCUT2D eigenvalue weighted by Crippen LogP contribution is -1.81. The number of nitrogens with zero attached hydrogens (tertiary/aromatic N) is 1. The van der Waals surface area contributed by atoms with E-state index in [9.17, 15) is 4.39 Å². The van der Waals surface area contributed by atoms with Gasteiger partial charge in [0.1, 0.15) is 11.5 Å². The number of nitrogens with one attached hydrogen (secondary N) is 1. The van der Waals surface area contributed by atoms with Crippen LogP contribution < -0.4 is 0 Å². The molecule has 3 aromatic rings. The second-order valence-electron chi connectivity index (χ2n) is 3.74. The van der Waals surface area contributed by atoms with Gasteiger partial charge in [0, 0.05) is 14.5 Å². The lowest BCUT2D eigenvalue weighted by Gasteiger charge is -1.99. The van der Waals surface area contributed by atoms with Gasteiger partial charge < -0.3 is 0 Å². The highest BCUT2D eigenvalue weighted by Crippen LogP contribution is 2.29. The lowest BCUT2D eigenvalue weighted by molar-refractivity contribution is 0.628. The van der Waals surface area contributed by atoms with E-state index in [1.807, 2.05) is 18.2 Å². The van der Waals surface area contributed by atoms with Gasteiger partial charge in [-0.2, -0.15) is 5.10 Å². The molecule has 17 heavy (non-hydrogen) atoms. The number of halogens is 2. The van der Waals surface area contributed by atoms with Gasteiger partial charge in [0.15, 0.2) is 0 Å². The van der Waals surface area contributed by atoms with Crippen molar-refractivity contribution in [2.24, 2.45) is 0 Å². The molecule has 4 heteroatoms. The Balaban J connectivity index is 2.27. The van der Waals surface area contributed by atoms with Crippen LogP contribution in [0.1, 0.15) is 0 Å². The van der Waals surface area contributed by atoms with Gasteiger partial charge in [-0.25, -0.2) is 4.39 Å². The van der Waals surface area contributed by atoms with Gasteiger partial charge in [-0.3, -0.25) is 5.10 Å². The summed E-state index contributed by atoms with van der Waals surface area (Å²) in [6.07, 6.45) is 0. The minimum atomic E-state index is -0.233. The Bertz CT molecular complexity index is 673. The van der Waals surface area contributed by atoms with E-state index in [0.717, 1.165) is 25.7 Å². The number of benzene rings is 2. The van der Waals surface area contributed by atoms with E-state index in [0.29, 0.717) is 0 Å². The first kappa shape index (κ1) is 10.7. The molecule has 1 heterocycles. The number of aromatic amines is 1. The Hall–Kier alpha value is -1.43. The first-order valence-corrected chi connectivity index (χ1v) is 6.22. The van der Waals surface area contributed by atoms with Crippen LogP contribution in [0.3, 0.4) is 0 Å². The Morgan fingerprint density at radius 3 is 2.59 bits per heavy atom. The summed E-state index contributed by atoms with van der Waals surface area (Å²) in [7, 11) is 0. The fourth-order valence-electron chi connectivity index (χ4n) is 1.85. The standard InChI is InChI=1S/C13H8FIN2/c14-9-6-4-8(5-7-9)13-12-10(15)2-1-3-11(12)16-17-13/h1-7H,(H,16,17). The molecule has 0 saturated carbocycles. The molecule has 1 aromatic heterocycles. The molecule has 0 atom stereocenters. The summed E-state index contributed by atoms with van der Waals surface area (Å²) in [6, 6.07) is 12.4. The summed E-state index contributed by atoms with van der Waals surface area (Å²) in [4.78, 5) is 0. The van der Waals surface area contributed by atoms with Gasteiger partial charge in [0.05, 0.1) is 5.52 Å². The van der Waals surface area contributed by atoms with Crippen molar-refractivity contribution in [2.75, 3.05) is 0 Å². The Morgan fingerprint density at radius 1 is 1.06 bits per heavy atom. The van der Waals surface area contributed by atoms with Crippen molar-refractivity contribution in [1.82, 2.24) is 10.2 Å². The third kappa shape index (κ3) is 1.82. The Morgan fingerprint density at radius 2 is 1.82 bits per heavy atom. The van der Waals surface area contributed by atoms with Crippen molar-refractivity contribution in [2.45, 2.75) is 0 Å². The highest BCUT2D eigenvalue weighted by molar-refractivity contribution is 14.1. The van der Waals surface area contributed by atoms with Gasteiger partial charge in [-0.15, -0.1) is 0 Å². The SMILES string of the molecule is Fc1ccc(-c2n[nH]c3cccc(I)c23)cc1. The second-order valence-corrected chi connectivity index (χ2v) is 4.90. The van der Waals surface area contributed by atoms with E-state index >= 15 is 0 Å². The molecule has 0 amide bonds. The molecular formula is C13H8FIN2. The number of H-pyrrole nitrogens is 1. The summed E-state index contributed by atoms with van der Waals surface area (Å²) < 4.78 is 14.0. The van der Waals surface area contributed by atoms with Crippen LogP contribution >= 0.6 is 22.6 Å². The zero-order valence-electron chi connectivity index (χ0n) is 8.74. The van der Waals surface area contributed by atoms with Crippen molar-refractivity contribution >= 4 is 33.5 Å². The van der Waals surface area contributed by atoms with Gasteiger partial charge in [0.25, 0.3) is 0 Å². The molecule has 1 N–H and O–H groups in total. The maximum Gasteiger partial charge on any atom is 0.123 e. The van der Waals surface area contributed by atoms with Crippen LogP contribution in [0, 0.1) is 9.39 Å². The molecule has 2 aromatic carbocycles. The number of hydrogen-bond donors (Lipinski definition) is 1. The topological polar surface area (TPSA) is 28.7 Å². The minimum absolute atomic E-state index is 0.233. The predicted molar refractivity (Wildman–Crippen MR) is 74.2 cm³/mol. The van der Waals surface area contributed by atoms with Crippen molar-refractivity contribution in [1.29, 1.82) is 0 Å². The summed E-state index contributed by atoms with van der Waals surface area (Å²) in [6.45, 7) is 0. The van der Waals surface area contributed by atoms with Crippen molar-refractivity contribution in [3.05, 3.63) is 51.9 Å². The quantitative estimate of drug-likeness (QED) is 0.668. The summed E-state index contributed by atoms with van der Waals surface area (Å²) in [5.74, 6) is -0.233. The summed E-state index contributed by atoms with van der Waals surface area (Å²) >= 11 is 2.28. The molecule has 0 radical (unpaired) electrons. The van der Waals surface area contributed by atoms with Crippen LogP contribution in [0.5, 0.6) is 0 Å². The van der Waals surface area contributed by atoms with Crippen LogP contribution in [-0.2, 0) is 0 Å². The molecule has 0 aliphatic heterocycles. The predicted octanol–water partition coefficient (Wildman–Crippen LogP) is 3.97. The molecule has 0 aliphatic rings. The normalized spacial score (nSPS) is 10.9. The fourth-order valence-corrected chi connectivity index (χ4v) is 2.60. The molecule has 0 unspecified atom stereocenters. The number of hydrogen-bond acceptors (Lipinski definition) is 1. The number of aromatic nitrogens is 2. The molecule has 84 valence electrons. The van der Waals surface area contributed by atoms with Crippen LogP contribution in [0.25, 0.3) is 22.2 Å². The average Bonchev–Trinajstić information content (AvgIpc) is 2.75. The zero-order valence-corrected chi connectivity index (χ0v) is 10.9. The average molecular weight is 338 g/mol. The molecule has 0 spiro atoms. The lowest BCUT2D eigenvalue weighted by atomic mass is 10.1. The third-order valence-electron chi connectivity index (χ3n) is 2.66. The van der Waals surface area contributed by atoms with E-state index in [1.54, 1.807) is 12.1 Å². The van der Waals surface area contributed by atoms with Gasteiger partial charge in [-0.1, -0.05) is 6.07 Å². The largest absolute Gasteiger partial charge is 0.277 e. The molecule has 0 bridgehead atoms. The van der Waals surface area contributed by atoms with Crippen molar-refractivity contribution < 1.29 is 4.39 Å². The monoisotopic (exact) mass is 338 g/mol. The van der Waals surface area contributed by atoms with Crippen LogP contribution in [-0.4, -0.2) is 10.2 Å². The maximum absolute atomic E-state index is 12.9. The van der Waals surface area contributed by atoms with E-state index in [2.05, 4.69) is 32.8 Å². The van der Waals surface area contributed by atoms with Crippen LogP contribution in [0.2, 0.25) is 0 Å². The summed E-state index contributed by atoms with van der Waals surface area (Å²) in [5, 5.41) is 8.38. The highest BCUT2D eigenvalue weighted by Gasteiger charge is 2.10. The van der Waals surface area contributed by atoms with Gasteiger partial charge in [-0.05, 0) is 59.0 Å². The Labute approximate surface area is 111 Å². The second kappa shape index (κ2) is 4.10. The van der Waals surface area contributed by atoms with E-state index in [1.165, 1.54) is 12.1 Å². The van der Waals surface area contributed by atoms with E-state index in [-0.39, 0.29) is 5.82 Å². The zero-order chi connectivity index (χ0) is 11.8. The Kier molecular flexibility index (Phi) is 2.58. The molecular weight excluding hydrogens is 330 g/mol. The van der Waals surface area contributed by atoms with Crippen molar-refractivity contribution in [3.8, 4) is 11.3 Å². The first-order chi connectivity index (χ1) is 8.25. The van der Waals surface area contributed by atoms with E-state index in [4.69, 9.17) is 0 Å². The van der Waals surface area contributed by atoms with Crippen LogP contribution in [0.15, 0.2) is 42.5 Å². The van der Waals surface area contributed by atoms with Crippen LogP contribution in [0.4, 0.5) is 4.39 Å². The number of fused-ring (bicyclic) bond motifs is 1. The molecule has 2 nitrogen and oxygen atoms in total. The highest BCUT2D eigenvalue weighted by atomic mass is 127. The third-order valence-corrected chi connectivity index (χ3v) is 3.56.